The van der Waals surface area contributed by atoms with Crippen LogP contribution < -0.4 is 10.1 Å². The van der Waals surface area contributed by atoms with E-state index in [9.17, 15) is 4.79 Å². The molecule has 3 heteroatoms. The van der Waals surface area contributed by atoms with Crippen molar-refractivity contribution >= 4 is 11.6 Å². The lowest BCUT2D eigenvalue weighted by Gasteiger charge is -2.13. The Balaban J connectivity index is 1.93. The fourth-order valence-electron chi connectivity index (χ4n) is 2.89. The average molecular weight is 281 g/mol. The highest BCUT2D eigenvalue weighted by atomic mass is 16.5. The molecule has 1 atom stereocenters. The summed E-state index contributed by atoms with van der Waals surface area (Å²) in [6, 6.07) is 14.0. The highest BCUT2D eigenvalue weighted by Gasteiger charge is 2.31. The molecule has 3 rings (SSSR count). The smallest absolute Gasteiger partial charge is 0.232 e. The van der Waals surface area contributed by atoms with Crippen molar-refractivity contribution in [3.8, 4) is 5.75 Å². The molecule has 0 aromatic heterocycles. The van der Waals surface area contributed by atoms with Gasteiger partial charge in [0.05, 0.1) is 12.5 Å². The van der Waals surface area contributed by atoms with Gasteiger partial charge in [-0.3, -0.25) is 4.79 Å². The van der Waals surface area contributed by atoms with Gasteiger partial charge in [0.25, 0.3) is 0 Å². The number of aryl methyl sites for hydroxylation is 1. The Hall–Kier alpha value is -2.29. The standard InChI is InChI=1S/C18H19NO2/c1-3-21-16-10-5-4-8-13(16)11-15-14-9-6-7-12(2)17(14)19-18(15)20/h4-10,15H,3,11H2,1-2H3,(H,19,20). The van der Waals surface area contributed by atoms with Gasteiger partial charge >= 0.3 is 0 Å². The fourth-order valence-corrected chi connectivity index (χ4v) is 2.89. The van der Waals surface area contributed by atoms with Crippen LogP contribution in [0.2, 0.25) is 0 Å². The van der Waals surface area contributed by atoms with E-state index in [0.29, 0.717) is 13.0 Å². The molecule has 1 unspecified atom stereocenters. The molecule has 0 radical (unpaired) electrons. The van der Waals surface area contributed by atoms with Crippen molar-refractivity contribution in [1.82, 2.24) is 0 Å². The highest BCUT2D eigenvalue weighted by Crippen LogP contribution is 2.38. The summed E-state index contributed by atoms with van der Waals surface area (Å²) in [5.74, 6) is 0.806. The first-order valence-corrected chi connectivity index (χ1v) is 7.31. The van der Waals surface area contributed by atoms with Gasteiger partial charge in [0.1, 0.15) is 5.75 Å². The second-order valence-electron chi connectivity index (χ2n) is 5.33. The molecule has 0 bridgehead atoms. The summed E-state index contributed by atoms with van der Waals surface area (Å²) >= 11 is 0. The monoisotopic (exact) mass is 281 g/mol. The average Bonchev–Trinajstić information content (AvgIpc) is 2.80. The van der Waals surface area contributed by atoms with Crippen LogP contribution in [-0.4, -0.2) is 12.5 Å². The maximum atomic E-state index is 12.3. The highest BCUT2D eigenvalue weighted by molar-refractivity contribution is 6.03. The molecule has 0 saturated carbocycles. The molecule has 1 aliphatic rings. The maximum Gasteiger partial charge on any atom is 0.232 e. The van der Waals surface area contributed by atoms with Crippen LogP contribution in [0, 0.1) is 6.92 Å². The largest absolute Gasteiger partial charge is 0.494 e. The number of fused-ring (bicyclic) bond motifs is 1. The second kappa shape index (κ2) is 5.60. The van der Waals surface area contributed by atoms with Crippen LogP contribution >= 0.6 is 0 Å². The second-order valence-corrected chi connectivity index (χ2v) is 5.33. The van der Waals surface area contributed by atoms with Crippen LogP contribution in [0.5, 0.6) is 5.75 Å². The number of hydrogen-bond donors (Lipinski definition) is 1. The molecule has 3 nitrogen and oxygen atoms in total. The Morgan fingerprint density at radius 1 is 1.14 bits per heavy atom. The van der Waals surface area contributed by atoms with E-state index >= 15 is 0 Å². The number of rotatable bonds is 4. The molecule has 1 N–H and O–H groups in total. The molecular weight excluding hydrogens is 262 g/mol. The first-order chi connectivity index (χ1) is 10.2. The van der Waals surface area contributed by atoms with E-state index in [1.807, 2.05) is 56.3 Å². The minimum absolute atomic E-state index is 0.0746. The third-order valence-corrected chi connectivity index (χ3v) is 3.94. The Kier molecular flexibility index (Phi) is 3.65. The lowest BCUT2D eigenvalue weighted by atomic mass is 9.92. The van der Waals surface area contributed by atoms with Gasteiger partial charge in [-0.05, 0) is 43.0 Å². The van der Waals surface area contributed by atoms with Gasteiger partial charge in [-0.1, -0.05) is 36.4 Å². The van der Waals surface area contributed by atoms with Gasteiger partial charge in [0, 0.05) is 5.69 Å². The minimum atomic E-state index is -0.137. The van der Waals surface area contributed by atoms with Crippen LogP contribution in [0.4, 0.5) is 5.69 Å². The SMILES string of the molecule is CCOc1ccccc1CC1C(=O)Nc2c(C)cccc21. The van der Waals surface area contributed by atoms with E-state index in [2.05, 4.69) is 5.32 Å². The van der Waals surface area contributed by atoms with Gasteiger partial charge in [0.2, 0.25) is 5.91 Å². The number of nitrogens with one attached hydrogen (secondary N) is 1. The van der Waals surface area contributed by atoms with E-state index in [4.69, 9.17) is 4.74 Å². The normalized spacial score (nSPS) is 16.5. The van der Waals surface area contributed by atoms with Crippen LogP contribution in [0.3, 0.4) is 0 Å². The molecule has 1 amide bonds. The van der Waals surface area contributed by atoms with Crippen molar-refractivity contribution in [2.24, 2.45) is 0 Å². The number of ether oxygens (including phenoxy) is 1. The Morgan fingerprint density at radius 2 is 1.95 bits per heavy atom. The summed E-state index contributed by atoms with van der Waals surface area (Å²) in [5.41, 5.74) is 4.25. The fraction of sp³-hybridized carbons (Fsp3) is 0.278. The summed E-state index contributed by atoms with van der Waals surface area (Å²) in [6.07, 6.45) is 0.665. The summed E-state index contributed by atoms with van der Waals surface area (Å²) in [5, 5.41) is 3.01. The maximum absolute atomic E-state index is 12.3. The van der Waals surface area contributed by atoms with Crippen molar-refractivity contribution in [2.75, 3.05) is 11.9 Å². The molecule has 0 fully saturated rings. The van der Waals surface area contributed by atoms with E-state index in [1.165, 1.54) is 0 Å². The third-order valence-electron chi connectivity index (χ3n) is 3.94. The number of carbonyl (C=O) groups excluding carboxylic acids is 1. The van der Waals surface area contributed by atoms with Crippen LogP contribution in [0.1, 0.15) is 29.5 Å². The number of amides is 1. The van der Waals surface area contributed by atoms with Crippen molar-refractivity contribution in [3.63, 3.8) is 0 Å². The van der Waals surface area contributed by atoms with E-state index < -0.39 is 0 Å². The minimum Gasteiger partial charge on any atom is -0.494 e. The van der Waals surface area contributed by atoms with Crippen molar-refractivity contribution in [1.29, 1.82) is 0 Å². The predicted octanol–water partition coefficient (Wildman–Crippen LogP) is 3.67. The molecule has 108 valence electrons. The zero-order valence-corrected chi connectivity index (χ0v) is 12.3. The number of hydrogen-bond acceptors (Lipinski definition) is 2. The van der Waals surface area contributed by atoms with Gasteiger partial charge in [-0.2, -0.15) is 0 Å². The van der Waals surface area contributed by atoms with Crippen molar-refractivity contribution < 1.29 is 9.53 Å². The number of carbonyl (C=O) groups is 1. The molecule has 0 spiro atoms. The topological polar surface area (TPSA) is 38.3 Å². The summed E-state index contributed by atoms with van der Waals surface area (Å²) < 4.78 is 5.66. The lowest BCUT2D eigenvalue weighted by molar-refractivity contribution is -0.117. The predicted molar refractivity (Wildman–Crippen MR) is 83.9 cm³/mol. The molecule has 2 aromatic rings. The zero-order valence-electron chi connectivity index (χ0n) is 12.3. The number of anilines is 1. The first kappa shape index (κ1) is 13.7. The van der Waals surface area contributed by atoms with Crippen molar-refractivity contribution in [2.45, 2.75) is 26.2 Å². The summed E-state index contributed by atoms with van der Waals surface area (Å²) in [7, 11) is 0. The lowest BCUT2D eigenvalue weighted by Crippen LogP contribution is -2.14. The summed E-state index contributed by atoms with van der Waals surface area (Å²) in [6.45, 7) is 4.62. The Bertz CT molecular complexity index is 679. The van der Waals surface area contributed by atoms with Gasteiger partial charge < -0.3 is 10.1 Å². The Morgan fingerprint density at radius 3 is 2.76 bits per heavy atom. The van der Waals surface area contributed by atoms with Crippen LogP contribution in [-0.2, 0) is 11.2 Å². The van der Waals surface area contributed by atoms with Gasteiger partial charge in [-0.15, -0.1) is 0 Å². The van der Waals surface area contributed by atoms with E-state index in [-0.39, 0.29) is 11.8 Å². The van der Waals surface area contributed by atoms with E-state index in [1.54, 1.807) is 0 Å². The van der Waals surface area contributed by atoms with Gasteiger partial charge in [0.15, 0.2) is 0 Å². The van der Waals surface area contributed by atoms with E-state index in [0.717, 1.165) is 28.1 Å². The molecule has 2 aromatic carbocycles. The molecule has 1 heterocycles. The molecule has 0 aliphatic carbocycles. The van der Waals surface area contributed by atoms with Gasteiger partial charge in [-0.25, -0.2) is 0 Å². The van der Waals surface area contributed by atoms with Crippen molar-refractivity contribution in [3.05, 3.63) is 59.2 Å². The molecule has 21 heavy (non-hydrogen) atoms. The quantitative estimate of drug-likeness (QED) is 0.928. The Labute approximate surface area is 124 Å². The zero-order chi connectivity index (χ0) is 14.8. The van der Waals surface area contributed by atoms with Crippen LogP contribution in [0.25, 0.3) is 0 Å². The molecule has 1 aliphatic heterocycles. The van der Waals surface area contributed by atoms with Crippen LogP contribution in [0.15, 0.2) is 42.5 Å². The molecule has 0 saturated heterocycles. The summed E-state index contributed by atoms with van der Waals surface area (Å²) in [4.78, 5) is 12.3. The number of benzene rings is 2. The number of para-hydroxylation sites is 2. The third kappa shape index (κ3) is 2.51. The first-order valence-electron chi connectivity index (χ1n) is 7.31. The molecular formula is C18H19NO2.